The van der Waals surface area contributed by atoms with Crippen LogP contribution in [0.15, 0.2) is 18.2 Å². The summed E-state index contributed by atoms with van der Waals surface area (Å²) in [6.45, 7) is 0.426. The van der Waals surface area contributed by atoms with Gasteiger partial charge in [-0.2, -0.15) is 0 Å². The molecule has 1 unspecified atom stereocenters. The Balaban J connectivity index is 2.02. The van der Waals surface area contributed by atoms with E-state index in [2.05, 4.69) is 5.32 Å². The summed E-state index contributed by atoms with van der Waals surface area (Å²) in [4.78, 5) is 24.4. The SMILES string of the molecule is COc1ccc(CCN2C(=O)NC(=O)CC2N)cc1OC. The average Bonchev–Trinajstić information content (AvgIpc) is 2.45. The van der Waals surface area contributed by atoms with E-state index in [4.69, 9.17) is 15.2 Å². The number of benzene rings is 1. The number of imide groups is 1. The molecule has 1 saturated heterocycles. The smallest absolute Gasteiger partial charge is 0.325 e. The zero-order chi connectivity index (χ0) is 15.4. The van der Waals surface area contributed by atoms with Crippen LogP contribution in [-0.4, -0.2) is 43.8 Å². The van der Waals surface area contributed by atoms with Gasteiger partial charge in [0.1, 0.15) is 0 Å². The molecule has 1 aliphatic rings. The van der Waals surface area contributed by atoms with Crippen molar-refractivity contribution < 1.29 is 19.1 Å². The summed E-state index contributed by atoms with van der Waals surface area (Å²) in [5.74, 6) is 0.951. The molecule has 114 valence electrons. The second-order valence-corrected chi connectivity index (χ2v) is 4.76. The zero-order valence-corrected chi connectivity index (χ0v) is 12.1. The Morgan fingerprint density at radius 2 is 2.00 bits per heavy atom. The van der Waals surface area contributed by atoms with E-state index < -0.39 is 12.2 Å². The molecule has 1 atom stereocenters. The van der Waals surface area contributed by atoms with Crippen molar-refractivity contribution in [2.75, 3.05) is 20.8 Å². The molecule has 0 saturated carbocycles. The molecule has 21 heavy (non-hydrogen) atoms. The highest BCUT2D eigenvalue weighted by Crippen LogP contribution is 2.27. The van der Waals surface area contributed by atoms with Crippen molar-refractivity contribution in [1.29, 1.82) is 0 Å². The molecule has 2 rings (SSSR count). The van der Waals surface area contributed by atoms with Gasteiger partial charge < -0.3 is 20.1 Å². The van der Waals surface area contributed by atoms with Gasteiger partial charge in [-0.1, -0.05) is 6.07 Å². The first-order chi connectivity index (χ1) is 10.0. The van der Waals surface area contributed by atoms with E-state index in [1.807, 2.05) is 18.2 Å². The van der Waals surface area contributed by atoms with Crippen LogP contribution in [0.25, 0.3) is 0 Å². The first kappa shape index (κ1) is 15.1. The van der Waals surface area contributed by atoms with Gasteiger partial charge in [0.2, 0.25) is 5.91 Å². The van der Waals surface area contributed by atoms with Gasteiger partial charge in [-0.05, 0) is 24.1 Å². The molecule has 1 heterocycles. The fourth-order valence-corrected chi connectivity index (χ4v) is 2.25. The number of urea groups is 1. The summed E-state index contributed by atoms with van der Waals surface area (Å²) in [6.07, 6.45) is 0.152. The first-order valence-corrected chi connectivity index (χ1v) is 6.62. The molecule has 0 radical (unpaired) electrons. The highest BCUT2D eigenvalue weighted by molar-refractivity contribution is 5.97. The maximum absolute atomic E-state index is 11.7. The predicted molar refractivity (Wildman–Crippen MR) is 76.1 cm³/mol. The minimum atomic E-state index is -0.577. The van der Waals surface area contributed by atoms with Gasteiger partial charge in [-0.25, -0.2) is 4.79 Å². The Morgan fingerprint density at radius 1 is 1.29 bits per heavy atom. The van der Waals surface area contributed by atoms with Crippen LogP contribution in [0, 0.1) is 0 Å². The standard InChI is InChI=1S/C14H19N3O4/c1-20-10-4-3-9(7-11(10)21-2)5-6-17-12(15)8-13(18)16-14(17)19/h3-4,7,12H,5-6,8,15H2,1-2H3,(H,16,18,19). The number of amides is 3. The molecule has 3 amide bonds. The molecular weight excluding hydrogens is 274 g/mol. The average molecular weight is 293 g/mol. The molecule has 1 fully saturated rings. The number of nitrogens with one attached hydrogen (secondary N) is 1. The predicted octanol–water partition coefficient (Wildman–Crippen LogP) is 0.473. The maximum atomic E-state index is 11.7. The lowest BCUT2D eigenvalue weighted by Gasteiger charge is -2.32. The number of hydrogen-bond donors (Lipinski definition) is 2. The van der Waals surface area contributed by atoms with Crippen molar-refractivity contribution in [3.8, 4) is 11.5 Å². The first-order valence-electron chi connectivity index (χ1n) is 6.62. The fraction of sp³-hybridized carbons (Fsp3) is 0.429. The molecule has 1 aromatic carbocycles. The molecule has 7 nitrogen and oxygen atoms in total. The van der Waals surface area contributed by atoms with Gasteiger partial charge >= 0.3 is 6.03 Å². The van der Waals surface area contributed by atoms with E-state index in [1.165, 1.54) is 4.90 Å². The lowest BCUT2D eigenvalue weighted by molar-refractivity contribution is -0.122. The number of hydrogen-bond acceptors (Lipinski definition) is 5. The van der Waals surface area contributed by atoms with E-state index in [-0.39, 0.29) is 12.3 Å². The molecule has 1 aliphatic heterocycles. The summed E-state index contributed by atoms with van der Waals surface area (Å²) >= 11 is 0. The summed E-state index contributed by atoms with van der Waals surface area (Å²) in [7, 11) is 3.15. The van der Waals surface area contributed by atoms with E-state index in [9.17, 15) is 9.59 Å². The molecule has 0 aliphatic carbocycles. The molecule has 1 aromatic rings. The molecular formula is C14H19N3O4. The number of rotatable bonds is 5. The third-order valence-corrected chi connectivity index (χ3v) is 3.39. The number of methoxy groups -OCH3 is 2. The van der Waals surface area contributed by atoms with E-state index in [0.29, 0.717) is 24.5 Å². The quantitative estimate of drug-likeness (QED) is 0.823. The summed E-state index contributed by atoms with van der Waals surface area (Å²) in [5, 5.41) is 2.26. The zero-order valence-electron chi connectivity index (χ0n) is 12.1. The van der Waals surface area contributed by atoms with E-state index >= 15 is 0 Å². The molecule has 3 N–H and O–H groups in total. The summed E-state index contributed by atoms with van der Waals surface area (Å²) in [6, 6.07) is 5.13. The van der Waals surface area contributed by atoms with Crippen molar-refractivity contribution in [2.24, 2.45) is 5.73 Å². The minimum absolute atomic E-state index is 0.123. The molecule has 0 aromatic heterocycles. The second kappa shape index (κ2) is 6.45. The normalized spacial score (nSPS) is 18.4. The molecule has 0 bridgehead atoms. The second-order valence-electron chi connectivity index (χ2n) is 4.76. The number of nitrogens with zero attached hydrogens (tertiary/aromatic N) is 1. The molecule has 7 heteroatoms. The van der Waals surface area contributed by atoms with E-state index in [0.717, 1.165) is 5.56 Å². The van der Waals surface area contributed by atoms with Crippen LogP contribution in [0.2, 0.25) is 0 Å². The van der Waals surface area contributed by atoms with Crippen LogP contribution < -0.4 is 20.5 Å². The molecule has 0 spiro atoms. The highest BCUT2D eigenvalue weighted by Gasteiger charge is 2.29. The van der Waals surface area contributed by atoms with Gasteiger partial charge in [0, 0.05) is 6.54 Å². The van der Waals surface area contributed by atoms with Crippen LogP contribution in [0.3, 0.4) is 0 Å². The number of carbonyl (C=O) groups excluding carboxylic acids is 2. The monoisotopic (exact) mass is 293 g/mol. The van der Waals surface area contributed by atoms with Crippen molar-refractivity contribution in [3.05, 3.63) is 23.8 Å². The van der Waals surface area contributed by atoms with Crippen LogP contribution in [-0.2, 0) is 11.2 Å². The van der Waals surface area contributed by atoms with Crippen molar-refractivity contribution in [3.63, 3.8) is 0 Å². The summed E-state index contributed by atoms with van der Waals surface area (Å²) in [5.41, 5.74) is 6.82. The third-order valence-electron chi connectivity index (χ3n) is 3.39. The Kier molecular flexibility index (Phi) is 4.64. The van der Waals surface area contributed by atoms with Gasteiger partial charge in [-0.3, -0.25) is 10.1 Å². The largest absolute Gasteiger partial charge is 0.493 e. The van der Waals surface area contributed by atoms with Gasteiger partial charge in [0.05, 0.1) is 26.8 Å². The number of nitrogens with two attached hydrogens (primary N) is 1. The van der Waals surface area contributed by atoms with Crippen molar-refractivity contribution >= 4 is 11.9 Å². The van der Waals surface area contributed by atoms with Crippen LogP contribution in [0.5, 0.6) is 11.5 Å². The highest BCUT2D eigenvalue weighted by atomic mass is 16.5. The van der Waals surface area contributed by atoms with Crippen LogP contribution in [0.4, 0.5) is 4.79 Å². The Morgan fingerprint density at radius 3 is 2.62 bits per heavy atom. The minimum Gasteiger partial charge on any atom is -0.493 e. The fourth-order valence-electron chi connectivity index (χ4n) is 2.25. The van der Waals surface area contributed by atoms with Crippen molar-refractivity contribution in [1.82, 2.24) is 10.2 Å². The topological polar surface area (TPSA) is 93.9 Å². The van der Waals surface area contributed by atoms with Gasteiger partial charge in [0.25, 0.3) is 0 Å². The Labute approximate surface area is 123 Å². The summed E-state index contributed by atoms with van der Waals surface area (Å²) < 4.78 is 10.4. The Hall–Kier alpha value is -2.28. The maximum Gasteiger partial charge on any atom is 0.325 e. The van der Waals surface area contributed by atoms with Crippen LogP contribution in [0.1, 0.15) is 12.0 Å². The lowest BCUT2D eigenvalue weighted by Crippen LogP contribution is -2.58. The number of carbonyl (C=O) groups is 2. The lowest BCUT2D eigenvalue weighted by atomic mass is 10.1. The Bertz CT molecular complexity index is 547. The van der Waals surface area contributed by atoms with E-state index in [1.54, 1.807) is 14.2 Å². The number of ether oxygens (including phenoxy) is 2. The third kappa shape index (κ3) is 3.43. The van der Waals surface area contributed by atoms with Crippen molar-refractivity contribution in [2.45, 2.75) is 19.0 Å². The van der Waals surface area contributed by atoms with Gasteiger partial charge in [0.15, 0.2) is 11.5 Å². The van der Waals surface area contributed by atoms with Crippen LogP contribution >= 0.6 is 0 Å². The van der Waals surface area contributed by atoms with Gasteiger partial charge in [-0.15, -0.1) is 0 Å².